The van der Waals surface area contributed by atoms with Gasteiger partial charge < -0.3 is 15.0 Å². The number of pyridine rings is 2. The number of carbonyl (C=O) groups is 1. The Morgan fingerprint density at radius 2 is 2.15 bits per heavy atom. The van der Waals surface area contributed by atoms with Gasteiger partial charge in [0.15, 0.2) is 0 Å². The molecule has 0 aliphatic rings. The highest BCUT2D eigenvalue weighted by molar-refractivity contribution is 7.13. The molecule has 0 fully saturated rings. The van der Waals surface area contributed by atoms with Gasteiger partial charge in [0.2, 0.25) is 5.88 Å². The van der Waals surface area contributed by atoms with E-state index in [-0.39, 0.29) is 12.1 Å². The molecular weight excluding hydrogens is 350 g/mol. The van der Waals surface area contributed by atoms with E-state index in [2.05, 4.69) is 15.3 Å². The van der Waals surface area contributed by atoms with E-state index >= 15 is 0 Å². The van der Waals surface area contributed by atoms with Gasteiger partial charge >= 0.3 is 0 Å². The third kappa shape index (κ3) is 4.18. The molecule has 7 heteroatoms. The minimum atomic E-state index is -0.436. The lowest BCUT2D eigenvalue weighted by molar-refractivity contribution is 0.0949. The quantitative estimate of drug-likeness (QED) is 0.670. The standard InChI is InChI=1S/C19H19N3O3S/c1-2-10-25-19-13(5-3-9-20-19)12-21-17(23)14-7-8-15(22-18(14)24)16-6-4-11-26-16/h3-9,11H,2,10,12H2,1H3,(H,21,23)(H,22,24). The number of hydrogen-bond acceptors (Lipinski definition) is 5. The average Bonchev–Trinajstić information content (AvgIpc) is 3.19. The SMILES string of the molecule is CCCOc1ncccc1CNC(=O)c1ccc(-c2cccs2)[nH]c1=O. The molecule has 3 aromatic rings. The largest absolute Gasteiger partial charge is 0.477 e. The Hall–Kier alpha value is -2.93. The molecule has 0 unspecified atom stereocenters. The molecule has 0 aliphatic heterocycles. The van der Waals surface area contributed by atoms with Gasteiger partial charge in [-0.15, -0.1) is 11.3 Å². The van der Waals surface area contributed by atoms with Gasteiger partial charge in [-0.2, -0.15) is 0 Å². The van der Waals surface area contributed by atoms with Crippen molar-refractivity contribution >= 4 is 17.2 Å². The van der Waals surface area contributed by atoms with Crippen LogP contribution in [0.2, 0.25) is 0 Å². The molecule has 0 aliphatic carbocycles. The van der Waals surface area contributed by atoms with Crippen molar-refractivity contribution in [2.45, 2.75) is 19.9 Å². The van der Waals surface area contributed by atoms with E-state index in [9.17, 15) is 9.59 Å². The molecule has 0 saturated heterocycles. The van der Waals surface area contributed by atoms with Gasteiger partial charge in [-0.1, -0.05) is 19.1 Å². The van der Waals surface area contributed by atoms with Gasteiger partial charge in [-0.05, 0) is 36.1 Å². The molecule has 2 N–H and O–H groups in total. The Kier molecular flexibility index (Phi) is 5.80. The fourth-order valence-electron chi connectivity index (χ4n) is 2.39. The van der Waals surface area contributed by atoms with E-state index in [1.807, 2.05) is 30.5 Å². The lowest BCUT2D eigenvalue weighted by Gasteiger charge is -2.10. The van der Waals surface area contributed by atoms with E-state index in [0.29, 0.717) is 18.2 Å². The third-order valence-electron chi connectivity index (χ3n) is 3.67. The molecule has 0 spiro atoms. The Morgan fingerprint density at radius 3 is 2.88 bits per heavy atom. The monoisotopic (exact) mass is 369 g/mol. The van der Waals surface area contributed by atoms with Gasteiger partial charge in [-0.25, -0.2) is 4.98 Å². The maximum atomic E-state index is 12.4. The van der Waals surface area contributed by atoms with Crippen molar-refractivity contribution in [3.63, 3.8) is 0 Å². The van der Waals surface area contributed by atoms with Crippen molar-refractivity contribution in [3.8, 4) is 16.5 Å². The predicted octanol–water partition coefficient (Wildman–Crippen LogP) is 3.22. The van der Waals surface area contributed by atoms with Crippen LogP contribution in [0.1, 0.15) is 29.3 Å². The zero-order chi connectivity index (χ0) is 18.4. The molecule has 0 bridgehead atoms. The number of ether oxygens (including phenoxy) is 1. The van der Waals surface area contributed by atoms with Crippen LogP contribution in [0.25, 0.3) is 10.6 Å². The number of hydrogen-bond donors (Lipinski definition) is 2. The van der Waals surface area contributed by atoms with Gasteiger partial charge in [0.25, 0.3) is 11.5 Å². The van der Waals surface area contributed by atoms with E-state index in [4.69, 9.17) is 4.74 Å². The van der Waals surface area contributed by atoms with Crippen molar-refractivity contribution < 1.29 is 9.53 Å². The second kappa shape index (κ2) is 8.44. The maximum Gasteiger partial charge on any atom is 0.261 e. The minimum absolute atomic E-state index is 0.0743. The third-order valence-corrected chi connectivity index (χ3v) is 4.58. The highest BCUT2D eigenvalue weighted by Crippen LogP contribution is 2.21. The maximum absolute atomic E-state index is 12.4. The number of H-pyrrole nitrogens is 1. The summed E-state index contributed by atoms with van der Waals surface area (Å²) < 4.78 is 5.58. The van der Waals surface area contributed by atoms with Crippen LogP contribution in [0.5, 0.6) is 5.88 Å². The fraction of sp³-hybridized carbons (Fsp3) is 0.211. The summed E-state index contributed by atoms with van der Waals surface area (Å²) in [6, 6.07) is 10.7. The number of rotatable bonds is 7. The van der Waals surface area contributed by atoms with Crippen molar-refractivity contribution in [1.82, 2.24) is 15.3 Å². The van der Waals surface area contributed by atoms with Gasteiger partial charge in [0, 0.05) is 18.3 Å². The zero-order valence-electron chi connectivity index (χ0n) is 14.3. The second-order valence-corrected chi connectivity index (χ2v) is 6.54. The first-order valence-electron chi connectivity index (χ1n) is 8.31. The van der Waals surface area contributed by atoms with Gasteiger partial charge in [0.1, 0.15) is 5.56 Å². The molecule has 26 heavy (non-hydrogen) atoms. The number of nitrogens with zero attached hydrogens (tertiary/aromatic N) is 1. The molecule has 6 nitrogen and oxygen atoms in total. The Labute approximate surface area is 154 Å². The van der Waals surface area contributed by atoms with Crippen molar-refractivity contribution in [2.75, 3.05) is 6.61 Å². The van der Waals surface area contributed by atoms with Crippen molar-refractivity contribution in [1.29, 1.82) is 0 Å². The summed E-state index contributed by atoms with van der Waals surface area (Å²) in [5.74, 6) is 0.0610. The molecule has 3 heterocycles. The zero-order valence-corrected chi connectivity index (χ0v) is 15.1. The summed E-state index contributed by atoms with van der Waals surface area (Å²) in [6.45, 7) is 2.80. The van der Waals surface area contributed by atoms with Crippen molar-refractivity contribution in [2.24, 2.45) is 0 Å². The van der Waals surface area contributed by atoms with E-state index < -0.39 is 11.5 Å². The lowest BCUT2D eigenvalue weighted by Crippen LogP contribution is -2.29. The molecule has 0 atom stereocenters. The molecule has 3 rings (SSSR count). The van der Waals surface area contributed by atoms with Crippen LogP contribution >= 0.6 is 11.3 Å². The molecule has 0 saturated carbocycles. The van der Waals surface area contributed by atoms with Crippen molar-refractivity contribution in [3.05, 3.63) is 69.5 Å². The van der Waals surface area contributed by atoms with E-state index in [1.165, 1.54) is 11.3 Å². The normalized spacial score (nSPS) is 10.5. The molecule has 1 amide bonds. The van der Waals surface area contributed by atoms with Gasteiger partial charge in [0.05, 0.1) is 17.2 Å². The van der Waals surface area contributed by atoms with Crippen LogP contribution in [0.3, 0.4) is 0 Å². The summed E-state index contributed by atoms with van der Waals surface area (Å²) in [5.41, 5.74) is 1.12. The lowest BCUT2D eigenvalue weighted by atomic mass is 10.2. The number of carbonyl (C=O) groups excluding carboxylic acids is 1. The first-order chi connectivity index (χ1) is 12.7. The first kappa shape index (κ1) is 17.9. The van der Waals surface area contributed by atoms with E-state index in [0.717, 1.165) is 16.9 Å². The number of nitrogens with one attached hydrogen (secondary N) is 2. The molecule has 3 aromatic heterocycles. The summed E-state index contributed by atoms with van der Waals surface area (Å²) in [4.78, 5) is 32.5. The van der Waals surface area contributed by atoms with Crippen LogP contribution in [0, 0.1) is 0 Å². The number of aromatic amines is 1. The van der Waals surface area contributed by atoms with Crippen LogP contribution in [0.15, 0.2) is 52.8 Å². The molecule has 134 valence electrons. The Bertz CT molecular complexity index is 935. The molecule has 0 radical (unpaired) electrons. The van der Waals surface area contributed by atoms with E-state index in [1.54, 1.807) is 24.4 Å². The Morgan fingerprint density at radius 1 is 1.27 bits per heavy atom. The van der Waals surface area contributed by atoms with Gasteiger partial charge in [-0.3, -0.25) is 9.59 Å². The minimum Gasteiger partial charge on any atom is -0.477 e. The summed E-state index contributed by atoms with van der Waals surface area (Å²) in [5, 5.41) is 4.68. The van der Waals surface area contributed by atoms with Crippen LogP contribution in [-0.4, -0.2) is 22.5 Å². The molecular formula is C19H19N3O3S. The number of amides is 1. The van der Waals surface area contributed by atoms with Crippen LogP contribution in [0.4, 0.5) is 0 Å². The Balaban J connectivity index is 1.70. The van der Waals surface area contributed by atoms with Crippen LogP contribution in [-0.2, 0) is 6.54 Å². The smallest absolute Gasteiger partial charge is 0.261 e. The fourth-order valence-corrected chi connectivity index (χ4v) is 3.09. The first-order valence-corrected chi connectivity index (χ1v) is 9.19. The second-order valence-electron chi connectivity index (χ2n) is 5.59. The summed E-state index contributed by atoms with van der Waals surface area (Å²) >= 11 is 1.52. The van der Waals surface area contributed by atoms with Crippen LogP contribution < -0.4 is 15.6 Å². The predicted molar refractivity (Wildman–Crippen MR) is 102 cm³/mol. The summed E-state index contributed by atoms with van der Waals surface area (Å²) in [7, 11) is 0. The summed E-state index contributed by atoms with van der Waals surface area (Å²) in [6.07, 6.45) is 2.51. The average molecular weight is 369 g/mol. The highest BCUT2D eigenvalue weighted by atomic mass is 32.1. The molecule has 0 aromatic carbocycles. The number of thiophene rings is 1. The number of aromatic nitrogens is 2. The highest BCUT2D eigenvalue weighted by Gasteiger charge is 2.13. The topological polar surface area (TPSA) is 84.1 Å².